The maximum atomic E-state index is 12.0. The Morgan fingerprint density at radius 1 is 1.50 bits per heavy atom. The van der Waals surface area contributed by atoms with Gasteiger partial charge in [-0.15, -0.1) is 0 Å². The molecule has 0 aromatic heterocycles. The summed E-state index contributed by atoms with van der Waals surface area (Å²) in [5.74, 6) is -0.459. The lowest BCUT2D eigenvalue weighted by Crippen LogP contribution is -2.32. The fourth-order valence-corrected chi connectivity index (χ4v) is 2.59. The van der Waals surface area contributed by atoms with E-state index >= 15 is 0 Å². The molecule has 1 amide bonds. The van der Waals surface area contributed by atoms with Crippen LogP contribution in [-0.4, -0.2) is 36.6 Å². The molecule has 1 rings (SSSR count). The number of hydrogen-bond donors (Lipinski definition) is 2. The van der Waals surface area contributed by atoms with Gasteiger partial charge in [0.25, 0.3) is 5.91 Å². The van der Waals surface area contributed by atoms with Crippen molar-refractivity contribution in [3.05, 3.63) is 28.2 Å². The fourth-order valence-electron chi connectivity index (χ4n) is 1.30. The Hall–Kier alpha value is -0.770. The van der Waals surface area contributed by atoms with Crippen LogP contribution in [0.15, 0.2) is 27.6 Å². The Balaban J connectivity index is 2.96. The van der Waals surface area contributed by atoms with Gasteiger partial charge in [-0.25, -0.2) is 13.6 Å². The molecule has 1 aromatic carbocycles. The van der Waals surface area contributed by atoms with Gasteiger partial charge in [-0.2, -0.15) is 0 Å². The van der Waals surface area contributed by atoms with E-state index in [1.54, 1.807) is 13.2 Å². The second kappa shape index (κ2) is 6.79. The minimum absolute atomic E-state index is 0.141. The summed E-state index contributed by atoms with van der Waals surface area (Å²) in [6, 6.07) is 3.94. The first-order valence-corrected chi connectivity index (χ1v) is 9.51. The number of primary sulfonamides is 1. The van der Waals surface area contributed by atoms with Crippen LogP contribution >= 0.6 is 15.9 Å². The predicted molar refractivity (Wildman–Crippen MR) is 81.4 cm³/mol. The van der Waals surface area contributed by atoms with Crippen LogP contribution in [0.5, 0.6) is 0 Å². The fraction of sp³-hybridized carbons (Fsp3) is 0.364. The number of amides is 1. The van der Waals surface area contributed by atoms with E-state index in [1.807, 2.05) is 0 Å². The van der Waals surface area contributed by atoms with Crippen LogP contribution in [0, 0.1) is 0 Å². The van der Waals surface area contributed by atoms with Crippen LogP contribution in [0.2, 0.25) is 0 Å². The number of carbonyl (C=O) groups excluding carboxylic acids is 1. The second-order valence-corrected chi connectivity index (χ2v) is 8.42. The van der Waals surface area contributed by atoms with E-state index in [-0.39, 0.29) is 22.3 Å². The van der Waals surface area contributed by atoms with Crippen LogP contribution in [0.3, 0.4) is 0 Å². The number of carbonyl (C=O) groups is 1. The topological polar surface area (TPSA) is 106 Å². The van der Waals surface area contributed by atoms with E-state index in [0.717, 1.165) is 0 Å². The Morgan fingerprint density at radius 3 is 2.60 bits per heavy atom. The van der Waals surface area contributed by atoms with Crippen molar-refractivity contribution in [2.75, 3.05) is 12.8 Å². The van der Waals surface area contributed by atoms with E-state index in [0.29, 0.717) is 4.47 Å². The van der Waals surface area contributed by atoms with Crippen molar-refractivity contribution < 1.29 is 17.4 Å². The van der Waals surface area contributed by atoms with Crippen molar-refractivity contribution in [1.82, 2.24) is 5.32 Å². The first-order valence-electron chi connectivity index (χ1n) is 5.55. The smallest absolute Gasteiger partial charge is 0.252 e. The zero-order valence-electron chi connectivity index (χ0n) is 10.9. The van der Waals surface area contributed by atoms with Gasteiger partial charge in [0.2, 0.25) is 10.0 Å². The van der Waals surface area contributed by atoms with Crippen LogP contribution in [-0.2, 0) is 20.8 Å². The number of hydrogen-bond acceptors (Lipinski definition) is 4. The molecule has 6 nitrogen and oxygen atoms in total. The summed E-state index contributed by atoms with van der Waals surface area (Å²) in [6.45, 7) is 1.97. The van der Waals surface area contributed by atoms with Gasteiger partial charge in [0.05, 0.1) is 10.5 Å². The summed E-state index contributed by atoms with van der Waals surface area (Å²) in [5, 5.41) is 7.43. The average molecular weight is 383 g/mol. The van der Waals surface area contributed by atoms with Crippen molar-refractivity contribution in [3.8, 4) is 0 Å². The molecule has 0 saturated carbocycles. The molecular weight excluding hydrogens is 368 g/mol. The minimum atomic E-state index is -3.87. The maximum Gasteiger partial charge on any atom is 0.252 e. The van der Waals surface area contributed by atoms with E-state index in [4.69, 9.17) is 5.14 Å². The third-order valence-corrected chi connectivity index (χ3v) is 5.53. The Labute approximate surface area is 128 Å². The Kier molecular flexibility index (Phi) is 5.87. The molecule has 0 heterocycles. The lowest BCUT2D eigenvalue weighted by Gasteiger charge is -2.11. The lowest BCUT2D eigenvalue weighted by atomic mass is 10.2. The van der Waals surface area contributed by atoms with E-state index in [1.165, 1.54) is 18.2 Å². The largest absolute Gasteiger partial charge is 0.351 e. The molecule has 112 valence electrons. The zero-order valence-corrected chi connectivity index (χ0v) is 14.1. The highest BCUT2D eigenvalue weighted by atomic mass is 79.9. The van der Waals surface area contributed by atoms with Gasteiger partial charge in [0.15, 0.2) is 0 Å². The van der Waals surface area contributed by atoms with Gasteiger partial charge in [0.1, 0.15) is 0 Å². The molecule has 0 bridgehead atoms. The molecule has 0 fully saturated rings. The summed E-state index contributed by atoms with van der Waals surface area (Å²) < 4.78 is 34.2. The minimum Gasteiger partial charge on any atom is -0.351 e. The van der Waals surface area contributed by atoms with Crippen LogP contribution in [0.4, 0.5) is 0 Å². The zero-order chi connectivity index (χ0) is 15.5. The third-order valence-electron chi connectivity index (χ3n) is 2.63. The van der Waals surface area contributed by atoms with E-state index in [2.05, 4.69) is 21.2 Å². The quantitative estimate of drug-likeness (QED) is 0.776. The monoisotopic (exact) mass is 382 g/mol. The molecule has 0 aliphatic heterocycles. The highest BCUT2D eigenvalue weighted by Crippen LogP contribution is 2.20. The summed E-state index contributed by atoms with van der Waals surface area (Å²) in [6.07, 6.45) is 1.55. The van der Waals surface area contributed by atoms with Crippen molar-refractivity contribution in [2.24, 2.45) is 5.14 Å². The number of sulfonamides is 1. The normalized spacial score (nSPS) is 14.6. The highest BCUT2D eigenvalue weighted by Gasteiger charge is 2.16. The average Bonchev–Trinajstić information content (AvgIpc) is 2.34. The number of benzene rings is 1. The van der Waals surface area contributed by atoms with Crippen molar-refractivity contribution in [2.45, 2.75) is 17.1 Å². The number of rotatable bonds is 5. The molecule has 9 heteroatoms. The van der Waals surface area contributed by atoms with Crippen molar-refractivity contribution in [1.29, 1.82) is 0 Å². The number of nitrogens with two attached hydrogens (primary N) is 1. The van der Waals surface area contributed by atoms with Crippen LogP contribution in [0.25, 0.3) is 0 Å². The molecule has 0 aliphatic rings. The first-order chi connectivity index (χ1) is 9.12. The first kappa shape index (κ1) is 17.3. The van der Waals surface area contributed by atoms with Crippen LogP contribution in [0.1, 0.15) is 17.3 Å². The highest BCUT2D eigenvalue weighted by molar-refractivity contribution is 9.10. The van der Waals surface area contributed by atoms with Gasteiger partial charge in [0, 0.05) is 33.3 Å². The summed E-state index contributed by atoms with van der Waals surface area (Å²) in [5.41, 5.74) is 0.158. The van der Waals surface area contributed by atoms with Gasteiger partial charge in [-0.3, -0.25) is 9.00 Å². The molecule has 0 saturated heterocycles. The second-order valence-electron chi connectivity index (χ2n) is 4.21. The molecule has 0 aliphatic carbocycles. The molecule has 1 aromatic rings. The molecular formula is C11H15BrN2O4S2. The van der Waals surface area contributed by atoms with Gasteiger partial charge < -0.3 is 5.32 Å². The number of nitrogens with one attached hydrogen (secondary N) is 1. The van der Waals surface area contributed by atoms with E-state index in [9.17, 15) is 17.4 Å². The SMILES string of the molecule is CC(CNC(=O)c1cc(S(N)(=O)=O)ccc1Br)S(C)=O. The van der Waals surface area contributed by atoms with Crippen LogP contribution < -0.4 is 10.5 Å². The van der Waals surface area contributed by atoms with Crippen molar-refractivity contribution in [3.63, 3.8) is 0 Å². The lowest BCUT2D eigenvalue weighted by molar-refractivity contribution is 0.0953. The van der Waals surface area contributed by atoms with Gasteiger partial charge in [-0.1, -0.05) is 0 Å². The van der Waals surface area contributed by atoms with Crippen molar-refractivity contribution >= 4 is 42.7 Å². The predicted octanol–water partition coefficient (Wildman–Crippen LogP) is 0.593. The van der Waals surface area contributed by atoms with Gasteiger partial charge >= 0.3 is 0 Å². The van der Waals surface area contributed by atoms with Gasteiger partial charge in [-0.05, 0) is 41.1 Å². The molecule has 0 radical (unpaired) electrons. The summed E-state index contributed by atoms with van der Waals surface area (Å²) in [4.78, 5) is 11.9. The van der Waals surface area contributed by atoms with E-state index < -0.39 is 26.7 Å². The molecule has 2 atom stereocenters. The Morgan fingerprint density at radius 2 is 2.10 bits per heavy atom. The molecule has 0 spiro atoms. The standard InChI is InChI=1S/C11H15BrN2O4S2/c1-7(19(2)16)6-14-11(15)9-5-8(20(13,17)18)3-4-10(9)12/h3-5,7H,6H2,1-2H3,(H,14,15)(H2,13,17,18). The molecule has 3 N–H and O–H groups in total. The maximum absolute atomic E-state index is 12.0. The third kappa shape index (κ3) is 4.65. The molecule has 20 heavy (non-hydrogen) atoms. The summed E-state index contributed by atoms with van der Waals surface area (Å²) >= 11 is 3.18. The Bertz CT molecular complexity index is 646. The number of halogens is 1. The summed E-state index contributed by atoms with van der Waals surface area (Å²) in [7, 11) is -4.92. The molecule has 2 unspecified atom stereocenters.